The average molecular weight is 246 g/mol. The van der Waals surface area contributed by atoms with Gasteiger partial charge in [0.15, 0.2) is 0 Å². The molecule has 19 heavy (non-hydrogen) atoms. The highest BCUT2D eigenvalue weighted by atomic mass is 14.2. The topological polar surface area (TPSA) is 0 Å². The van der Waals surface area contributed by atoms with Crippen molar-refractivity contribution in [2.45, 2.75) is 20.3 Å². The van der Waals surface area contributed by atoms with Crippen molar-refractivity contribution in [3.63, 3.8) is 0 Å². The molecule has 0 heterocycles. The lowest BCUT2D eigenvalue weighted by Crippen LogP contribution is -2.00. The third-order valence-electron chi connectivity index (χ3n) is 3.85. The molecule has 0 saturated carbocycles. The van der Waals surface area contributed by atoms with Gasteiger partial charge < -0.3 is 0 Å². The number of hydrogen-bond acceptors (Lipinski definition) is 0. The fraction of sp³-hybridized carbons (Fsp3) is 0.158. The molecule has 0 amide bonds. The summed E-state index contributed by atoms with van der Waals surface area (Å²) in [6.45, 7) is 4.34. The second-order valence-corrected chi connectivity index (χ2v) is 5.23. The first kappa shape index (κ1) is 12.0. The molecule has 0 unspecified atom stereocenters. The number of hydrogen-bond donors (Lipinski definition) is 0. The standard InChI is InChI=1S/C19H18/c1-14-8-9-17(12-15(14)2)19-11-10-18(19)13-16-6-4-3-5-7-16/h3-12H,13H2,1-2H3. The Morgan fingerprint density at radius 1 is 0.789 bits per heavy atom. The van der Waals surface area contributed by atoms with Crippen LogP contribution in [-0.2, 0) is 6.42 Å². The maximum Gasteiger partial charge on any atom is -0.00196 e. The molecule has 0 atom stereocenters. The van der Waals surface area contributed by atoms with Crippen molar-refractivity contribution in [1.29, 1.82) is 0 Å². The molecule has 3 rings (SSSR count). The average Bonchev–Trinajstić information content (AvgIpc) is 2.40. The second kappa shape index (κ2) is 4.89. The Balaban J connectivity index is 1.88. The Bertz CT molecular complexity index is 658. The first-order valence-corrected chi connectivity index (χ1v) is 6.77. The van der Waals surface area contributed by atoms with Crippen LogP contribution in [0.4, 0.5) is 0 Å². The Morgan fingerprint density at radius 2 is 1.58 bits per heavy atom. The van der Waals surface area contributed by atoms with E-state index in [2.05, 4.69) is 74.5 Å². The summed E-state index contributed by atoms with van der Waals surface area (Å²) in [6, 6.07) is 17.4. The zero-order valence-electron chi connectivity index (χ0n) is 11.5. The number of benzene rings is 2. The lowest BCUT2D eigenvalue weighted by molar-refractivity contribution is 1.18. The fourth-order valence-electron chi connectivity index (χ4n) is 2.45. The summed E-state index contributed by atoms with van der Waals surface area (Å²) in [6.07, 6.45) is 5.49. The van der Waals surface area contributed by atoms with Crippen molar-refractivity contribution in [2.75, 3.05) is 0 Å². The van der Waals surface area contributed by atoms with Gasteiger partial charge in [0.25, 0.3) is 0 Å². The molecule has 0 aliphatic heterocycles. The van der Waals surface area contributed by atoms with Crippen LogP contribution in [0.5, 0.6) is 0 Å². The summed E-state index contributed by atoms with van der Waals surface area (Å²) < 4.78 is 0. The van der Waals surface area contributed by atoms with Gasteiger partial charge in [0.05, 0.1) is 0 Å². The van der Waals surface area contributed by atoms with Gasteiger partial charge in [0.1, 0.15) is 0 Å². The number of allylic oxidation sites excluding steroid dienone is 4. The Hall–Kier alpha value is -2.08. The lowest BCUT2D eigenvalue weighted by Gasteiger charge is -2.18. The molecule has 2 aromatic rings. The molecule has 0 fully saturated rings. The Labute approximate surface area is 115 Å². The summed E-state index contributed by atoms with van der Waals surface area (Å²) in [5, 5.41) is 0. The molecule has 0 nitrogen and oxygen atoms in total. The van der Waals surface area contributed by atoms with Crippen LogP contribution in [0.2, 0.25) is 0 Å². The lowest BCUT2D eigenvalue weighted by atomic mass is 9.87. The van der Waals surface area contributed by atoms with Gasteiger partial charge in [-0.05, 0) is 53.7 Å². The molecule has 0 bridgehead atoms. The predicted molar refractivity (Wildman–Crippen MR) is 82.1 cm³/mol. The summed E-state index contributed by atoms with van der Waals surface area (Å²) >= 11 is 0. The third kappa shape index (κ3) is 2.39. The molecule has 2 aromatic carbocycles. The first-order chi connectivity index (χ1) is 9.24. The van der Waals surface area contributed by atoms with E-state index in [1.54, 1.807) is 0 Å². The van der Waals surface area contributed by atoms with Gasteiger partial charge in [-0.15, -0.1) is 0 Å². The van der Waals surface area contributed by atoms with Gasteiger partial charge in [-0.3, -0.25) is 0 Å². The molecular weight excluding hydrogens is 228 g/mol. The van der Waals surface area contributed by atoms with Crippen LogP contribution >= 0.6 is 0 Å². The zero-order valence-corrected chi connectivity index (χ0v) is 11.5. The largest absolute Gasteiger partial charge is 0.0622 e. The van der Waals surface area contributed by atoms with E-state index in [9.17, 15) is 0 Å². The predicted octanol–water partition coefficient (Wildman–Crippen LogP) is 4.87. The second-order valence-electron chi connectivity index (χ2n) is 5.23. The van der Waals surface area contributed by atoms with Crippen molar-refractivity contribution >= 4 is 5.57 Å². The van der Waals surface area contributed by atoms with Crippen molar-refractivity contribution < 1.29 is 0 Å². The minimum atomic E-state index is 1.03. The van der Waals surface area contributed by atoms with E-state index in [1.807, 2.05) is 0 Å². The fourth-order valence-corrected chi connectivity index (χ4v) is 2.45. The molecule has 0 heteroatoms. The van der Waals surface area contributed by atoms with Gasteiger partial charge in [-0.2, -0.15) is 0 Å². The highest BCUT2D eigenvalue weighted by molar-refractivity contribution is 5.85. The van der Waals surface area contributed by atoms with Crippen LogP contribution in [0.3, 0.4) is 0 Å². The summed E-state index contributed by atoms with van der Waals surface area (Å²) in [4.78, 5) is 0. The van der Waals surface area contributed by atoms with Gasteiger partial charge in [-0.1, -0.05) is 60.7 Å². The van der Waals surface area contributed by atoms with E-state index in [0.717, 1.165) is 6.42 Å². The molecule has 0 saturated heterocycles. The summed E-state index contributed by atoms with van der Waals surface area (Å²) in [5.41, 5.74) is 8.28. The highest BCUT2D eigenvalue weighted by Gasteiger charge is 2.12. The molecular formula is C19H18. The molecule has 94 valence electrons. The van der Waals surface area contributed by atoms with E-state index in [-0.39, 0.29) is 0 Å². The zero-order chi connectivity index (χ0) is 13.2. The van der Waals surface area contributed by atoms with E-state index in [4.69, 9.17) is 0 Å². The molecule has 0 aromatic heterocycles. The Morgan fingerprint density at radius 3 is 2.21 bits per heavy atom. The van der Waals surface area contributed by atoms with Gasteiger partial charge in [0.2, 0.25) is 0 Å². The molecule has 1 aliphatic carbocycles. The van der Waals surface area contributed by atoms with Gasteiger partial charge >= 0.3 is 0 Å². The minimum Gasteiger partial charge on any atom is -0.0622 e. The first-order valence-electron chi connectivity index (χ1n) is 6.77. The van der Waals surface area contributed by atoms with Crippen molar-refractivity contribution in [3.05, 3.63) is 88.5 Å². The van der Waals surface area contributed by atoms with E-state index < -0.39 is 0 Å². The quantitative estimate of drug-likeness (QED) is 0.724. The van der Waals surface area contributed by atoms with Crippen LogP contribution in [0.1, 0.15) is 22.3 Å². The van der Waals surface area contributed by atoms with E-state index in [0.29, 0.717) is 0 Å². The molecule has 0 radical (unpaired) electrons. The molecule has 1 aliphatic rings. The van der Waals surface area contributed by atoms with Crippen LogP contribution in [0, 0.1) is 13.8 Å². The van der Waals surface area contributed by atoms with E-state index >= 15 is 0 Å². The van der Waals surface area contributed by atoms with Crippen LogP contribution in [-0.4, -0.2) is 0 Å². The third-order valence-corrected chi connectivity index (χ3v) is 3.85. The smallest absolute Gasteiger partial charge is 0.00196 e. The maximum atomic E-state index is 2.29. The van der Waals surface area contributed by atoms with Crippen molar-refractivity contribution in [2.24, 2.45) is 0 Å². The van der Waals surface area contributed by atoms with E-state index in [1.165, 1.54) is 33.4 Å². The van der Waals surface area contributed by atoms with Crippen molar-refractivity contribution in [1.82, 2.24) is 0 Å². The number of rotatable bonds is 3. The van der Waals surface area contributed by atoms with Gasteiger partial charge in [-0.25, -0.2) is 0 Å². The molecule has 0 spiro atoms. The monoisotopic (exact) mass is 246 g/mol. The molecule has 0 N–H and O–H groups in total. The maximum absolute atomic E-state index is 2.29. The summed E-state index contributed by atoms with van der Waals surface area (Å²) in [7, 11) is 0. The van der Waals surface area contributed by atoms with Crippen molar-refractivity contribution in [3.8, 4) is 0 Å². The van der Waals surface area contributed by atoms with Gasteiger partial charge in [0, 0.05) is 0 Å². The van der Waals surface area contributed by atoms with Crippen LogP contribution < -0.4 is 0 Å². The Kier molecular flexibility index (Phi) is 3.08. The normalized spacial score (nSPS) is 13.6. The highest BCUT2D eigenvalue weighted by Crippen LogP contribution is 2.31. The SMILES string of the molecule is Cc1ccc(C2=C(Cc3ccccc3)C=C2)cc1C. The number of aryl methyl sites for hydroxylation is 2. The van der Waals surface area contributed by atoms with Crippen LogP contribution in [0.15, 0.2) is 66.3 Å². The van der Waals surface area contributed by atoms with Crippen LogP contribution in [0.25, 0.3) is 5.57 Å². The minimum absolute atomic E-state index is 1.03. The summed E-state index contributed by atoms with van der Waals surface area (Å²) in [5.74, 6) is 0.